The first-order valence-corrected chi connectivity index (χ1v) is 11.5. The minimum absolute atomic E-state index is 0.0728. The lowest BCUT2D eigenvalue weighted by atomic mass is 9.93. The van der Waals surface area contributed by atoms with E-state index in [-0.39, 0.29) is 11.8 Å². The molecule has 2 fully saturated rings. The zero-order valence-electron chi connectivity index (χ0n) is 18.3. The first-order valence-electron chi connectivity index (χ1n) is 11.5. The number of likely N-dealkylation sites (tertiary alicyclic amines) is 1. The summed E-state index contributed by atoms with van der Waals surface area (Å²) in [5.74, 6) is 1.93. The van der Waals surface area contributed by atoms with Gasteiger partial charge in [0.1, 0.15) is 5.82 Å². The highest BCUT2D eigenvalue weighted by Gasteiger charge is 2.32. The number of nitrogens with one attached hydrogen (secondary N) is 2. The predicted octanol–water partition coefficient (Wildman–Crippen LogP) is 2.30. The summed E-state index contributed by atoms with van der Waals surface area (Å²) in [6, 6.07) is 6.33. The third kappa shape index (κ3) is 5.70. The highest BCUT2D eigenvalue weighted by Crippen LogP contribution is 2.25. The van der Waals surface area contributed by atoms with E-state index in [1.807, 2.05) is 24.4 Å². The van der Waals surface area contributed by atoms with Gasteiger partial charge in [0.2, 0.25) is 11.9 Å². The molecular formula is C23H33N7O. The molecule has 8 heteroatoms. The average Bonchev–Trinajstić information content (AvgIpc) is 2.84. The minimum Gasteiger partial charge on any atom is -0.370 e. The Hall–Kier alpha value is -2.74. The molecule has 2 N–H and O–H groups in total. The van der Waals surface area contributed by atoms with Crippen LogP contribution in [-0.4, -0.2) is 64.5 Å². The van der Waals surface area contributed by atoms with Crippen LogP contribution in [0.4, 0.5) is 11.8 Å². The van der Waals surface area contributed by atoms with Crippen LogP contribution in [0, 0.1) is 5.92 Å². The molecule has 0 bridgehead atoms. The number of hydrogen-bond donors (Lipinski definition) is 2. The van der Waals surface area contributed by atoms with E-state index in [1.54, 1.807) is 12.4 Å². The normalized spacial score (nSPS) is 20.4. The quantitative estimate of drug-likeness (QED) is 0.707. The summed E-state index contributed by atoms with van der Waals surface area (Å²) in [4.78, 5) is 30.8. The van der Waals surface area contributed by atoms with Crippen LogP contribution >= 0.6 is 0 Å². The van der Waals surface area contributed by atoms with E-state index in [0.29, 0.717) is 12.6 Å². The maximum absolute atomic E-state index is 12.7. The molecule has 166 valence electrons. The molecule has 0 aliphatic carbocycles. The number of pyridine rings is 1. The molecule has 0 spiro atoms. The average molecular weight is 424 g/mol. The van der Waals surface area contributed by atoms with Crippen molar-refractivity contribution in [2.45, 2.75) is 45.2 Å². The van der Waals surface area contributed by atoms with Gasteiger partial charge >= 0.3 is 0 Å². The van der Waals surface area contributed by atoms with E-state index in [0.717, 1.165) is 75.7 Å². The van der Waals surface area contributed by atoms with E-state index >= 15 is 0 Å². The van der Waals surface area contributed by atoms with Crippen molar-refractivity contribution >= 4 is 17.7 Å². The summed E-state index contributed by atoms with van der Waals surface area (Å²) in [5, 5.41) is 6.36. The van der Waals surface area contributed by atoms with Crippen molar-refractivity contribution in [3.63, 3.8) is 0 Å². The molecule has 2 aliphatic rings. The number of carbonyl (C=O) groups excluding carboxylic acids is 1. The van der Waals surface area contributed by atoms with Crippen molar-refractivity contribution in [3.05, 3.63) is 42.4 Å². The van der Waals surface area contributed by atoms with Gasteiger partial charge in [-0.05, 0) is 56.8 Å². The Labute approximate surface area is 184 Å². The second-order valence-electron chi connectivity index (χ2n) is 8.40. The van der Waals surface area contributed by atoms with Crippen molar-refractivity contribution in [2.75, 3.05) is 42.9 Å². The van der Waals surface area contributed by atoms with Crippen molar-refractivity contribution in [2.24, 2.45) is 5.92 Å². The Balaban J connectivity index is 1.26. The lowest BCUT2D eigenvalue weighted by Crippen LogP contribution is -2.51. The van der Waals surface area contributed by atoms with Crippen LogP contribution in [0.25, 0.3) is 0 Å². The molecule has 0 radical (unpaired) electrons. The molecule has 1 amide bonds. The van der Waals surface area contributed by atoms with E-state index < -0.39 is 0 Å². The second-order valence-corrected chi connectivity index (χ2v) is 8.40. The Kier molecular flexibility index (Phi) is 7.30. The third-order valence-electron chi connectivity index (χ3n) is 6.28. The van der Waals surface area contributed by atoms with E-state index in [1.165, 1.54) is 0 Å². The van der Waals surface area contributed by atoms with Crippen LogP contribution in [-0.2, 0) is 11.3 Å². The van der Waals surface area contributed by atoms with Crippen LogP contribution in [0.1, 0.15) is 38.2 Å². The molecule has 1 atom stereocenters. The lowest BCUT2D eigenvalue weighted by molar-refractivity contribution is -0.127. The van der Waals surface area contributed by atoms with Gasteiger partial charge in [0.15, 0.2) is 0 Å². The highest BCUT2D eigenvalue weighted by molar-refractivity contribution is 5.78. The van der Waals surface area contributed by atoms with Crippen LogP contribution < -0.4 is 15.5 Å². The van der Waals surface area contributed by atoms with Gasteiger partial charge in [0.05, 0.1) is 5.92 Å². The Morgan fingerprint density at radius 3 is 2.81 bits per heavy atom. The number of carbonyl (C=O) groups is 1. The summed E-state index contributed by atoms with van der Waals surface area (Å²) in [6.45, 7) is 7.32. The van der Waals surface area contributed by atoms with Crippen LogP contribution in [0.15, 0.2) is 36.8 Å². The number of rotatable bonds is 7. The molecule has 2 saturated heterocycles. The number of nitrogens with zero attached hydrogens (tertiary/aromatic N) is 5. The topological polar surface area (TPSA) is 86.3 Å². The van der Waals surface area contributed by atoms with Crippen molar-refractivity contribution < 1.29 is 4.79 Å². The summed E-state index contributed by atoms with van der Waals surface area (Å²) in [7, 11) is 0. The largest absolute Gasteiger partial charge is 0.370 e. The van der Waals surface area contributed by atoms with Gasteiger partial charge in [-0.1, -0.05) is 6.07 Å². The molecule has 2 aromatic heterocycles. The maximum atomic E-state index is 12.7. The summed E-state index contributed by atoms with van der Waals surface area (Å²) in [6.07, 6.45) is 9.60. The molecule has 8 nitrogen and oxygen atoms in total. The molecular weight excluding hydrogens is 390 g/mol. The van der Waals surface area contributed by atoms with Crippen molar-refractivity contribution in [1.82, 2.24) is 25.2 Å². The van der Waals surface area contributed by atoms with Crippen molar-refractivity contribution in [3.8, 4) is 0 Å². The molecule has 2 aromatic rings. The number of amides is 1. The van der Waals surface area contributed by atoms with Gasteiger partial charge in [-0.25, -0.2) is 4.98 Å². The van der Waals surface area contributed by atoms with Gasteiger partial charge in [0, 0.05) is 57.4 Å². The number of aromatic nitrogens is 3. The zero-order chi connectivity index (χ0) is 21.5. The van der Waals surface area contributed by atoms with Gasteiger partial charge in [-0.15, -0.1) is 0 Å². The smallest absolute Gasteiger partial charge is 0.227 e. The molecule has 4 rings (SSSR count). The SMILES string of the molecule is CCNc1ccnc(N2CCC(N3CCC[C@@H](C(=O)NCc4cccnc4)C3)CC2)n1. The van der Waals surface area contributed by atoms with Crippen LogP contribution in [0.2, 0.25) is 0 Å². The van der Waals surface area contributed by atoms with Crippen LogP contribution in [0.5, 0.6) is 0 Å². The van der Waals surface area contributed by atoms with E-state index in [2.05, 4.69) is 42.3 Å². The molecule has 0 unspecified atom stereocenters. The second kappa shape index (κ2) is 10.5. The first-order chi connectivity index (χ1) is 15.2. The molecule has 0 saturated carbocycles. The summed E-state index contributed by atoms with van der Waals surface area (Å²) in [5.41, 5.74) is 1.04. The Morgan fingerprint density at radius 1 is 1.16 bits per heavy atom. The van der Waals surface area contributed by atoms with Gasteiger partial charge in [-0.3, -0.25) is 14.7 Å². The number of piperidine rings is 2. The first kappa shape index (κ1) is 21.5. The molecule has 0 aromatic carbocycles. The molecule has 31 heavy (non-hydrogen) atoms. The maximum Gasteiger partial charge on any atom is 0.227 e. The van der Waals surface area contributed by atoms with Gasteiger partial charge in [-0.2, -0.15) is 4.98 Å². The monoisotopic (exact) mass is 423 g/mol. The Morgan fingerprint density at radius 2 is 2.03 bits per heavy atom. The fourth-order valence-corrected chi connectivity index (χ4v) is 4.60. The lowest BCUT2D eigenvalue weighted by Gasteiger charge is -2.42. The predicted molar refractivity (Wildman–Crippen MR) is 122 cm³/mol. The highest BCUT2D eigenvalue weighted by atomic mass is 16.1. The minimum atomic E-state index is 0.0728. The van der Waals surface area contributed by atoms with Crippen LogP contribution in [0.3, 0.4) is 0 Å². The van der Waals surface area contributed by atoms with E-state index in [4.69, 9.17) is 0 Å². The summed E-state index contributed by atoms with van der Waals surface area (Å²) < 4.78 is 0. The molecule has 4 heterocycles. The third-order valence-corrected chi connectivity index (χ3v) is 6.28. The summed E-state index contributed by atoms with van der Waals surface area (Å²) >= 11 is 0. The van der Waals surface area contributed by atoms with Crippen molar-refractivity contribution in [1.29, 1.82) is 0 Å². The fourth-order valence-electron chi connectivity index (χ4n) is 4.60. The standard InChI is InChI=1S/C23H33N7O/c1-2-25-21-7-11-26-23(28-21)29-13-8-20(9-14-29)30-12-4-6-19(17-30)22(31)27-16-18-5-3-10-24-15-18/h3,5,7,10-11,15,19-20H,2,4,6,8-9,12-14,16-17H2,1H3,(H,27,31)(H,25,26,28)/t19-/m1/s1. The molecule has 2 aliphatic heterocycles. The fraction of sp³-hybridized carbons (Fsp3) is 0.565. The zero-order valence-corrected chi connectivity index (χ0v) is 18.3. The van der Waals surface area contributed by atoms with Gasteiger partial charge < -0.3 is 15.5 Å². The number of anilines is 2. The Bertz CT molecular complexity index is 839. The van der Waals surface area contributed by atoms with E-state index in [9.17, 15) is 4.79 Å². The number of hydrogen-bond acceptors (Lipinski definition) is 7. The van der Waals surface area contributed by atoms with Gasteiger partial charge in [0.25, 0.3) is 0 Å².